The minimum Gasteiger partial charge on any atom is -0.494 e. The standard InChI is InChI=1S/C16H15FN2O3/c1-8-5-10(11(6-18-8)16(20)21)13-12(22-2)7-19-15(14(13)17)9-3-4-9/h5-7,9H,3-4H2,1-2H3,(H,20,21). The van der Waals surface area contributed by atoms with Gasteiger partial charge < -0.3 is 9.84 Å². The summed E-state index contributed by atoms with van der Waals surface area (Å²) in [5, 5.41) is 9.34. The van der Waals surface area contributed by atoms with E-state index < -0.39 is 11.8 Å². The van der Waals surface area contributed by atoms with E-state index in [0.29, 0.717) is 11.4 Å². The molecule has 2 aromatic rings. The number of carboxylic acids is 1. The summed E-state index contributed by atoms with van der Waals surface area (Å²) in [7, 11) is 1.41. The number of ether oxygens (including phenoxy) is 1. The zero-order valence-electron chi connectivity index (χ0n) is 12.3. The van der Waals surface area contributed by atoms with Crippen LogP contribution in [0.4, 0.5) is 4.39 Å². The molecule has 2 heterocycles. The number of nitrogens with zero attached hydrogens (tertiary/aromatic N) is 2. The molecule has 0 bridgehead atoms. The summed E-state index contributed by atoms with van der Waals surface area (Å²) in [5.74, 6) is -1.33. The average Bonchev–Trinajstić information content (AvgIpc) is 3.30. The molecule has 114 valence electrons. The number of pyridine rings is 2. The predicted molar refractivity (Wildman–Crippen MR) is 77.6 cm³/mol. The molecule has 5 nitrogen and oxygen atoms in total. The lowest BCUT2D eigenvalue weighted by molar-refractivity contribution is 0.0697. The topological polar surface area (TPSA) is 72.3 Å². The number of methoxy groups -OCH3 is 1. The molecule has 6 heteroatoms. The first-order valence-electron chi connectivity index (χ1n) is 6.95. The fourth-order valence-corrected chi connectivity index (χ4v) is 2.47. The van der Waals surface area contributed by atoms with Crippen LogP contribution in [0, 0.1) is 12.7 Å². The van der Waals surface area contributed by atoms with Gasteiger partial charge in [0.2, 0.25) is 0 Å². The molecule has 0 aliphatic heterocycles. The Morgan fingerprint density at radius 2 is 2.09 bits per heavy atom. The summed E-state index contributed by atoms with van der Waals surface area (Å²) < 4.78 is 20.1. The third kappa shape index (κ3) is 2.41. The Balaban J connectivity index is 2.29. The van der Waals surface area contributed by atoms with Crippen molar-refractivity contribution < 1.29 is 19.0 Å². The van der Waals surface area contributed by atoms with Crippen LogP contribution in [0.3, 0.4) is 0 Å². The van der Waals surface area contributed by atoms with E-state index in [-0.39, 0.29) is 28.4 Å². The second-order valence-corrected chi connectivity index (χ2v) is 5.35. The number of carbonyl (C=O) groups is 1. The lowest BCUT2D eigenvalue weighted by Gasteiger charge is -2.14. The molecule has 0 amide bonds. The van der Waals surface area contributed by atoms with E-state index in [0.717, 1.165) is 12.8 Å². The van der Waals surface area contributed by atoms with Crippen molar-refractivity contribution >= 4 is 5.97 Å². The molecule has 0 atom stereocenters. The SMILES string of the molecule is COc1cnc(C2CC2)c(F)c1-c1cc(C)ncc1C(=O)O. The molecule has 2 aromatic heterocycles. The number of aromatic nitrogens is 2. The van der Waals surface area contributed by atoms with Gasteiger partial charge in [0.15, 0.2) is 5.82 Å². The van der Waals surface area contributed by atoms with Crippen molar-refractivity contribution in [3.8, 4) is 16.9 Å². The fourth-order valence-electron chi connectivity index (χ4n) is 2.47. The van der Waals surface area contributed by atoms with Gasteiger partial charge in [0.1, 0.15) is 5.75 Å². The Bertz CT molecular complexity index is 757. The van der Waals surface area contributed by atoms with Gasteiger partial charge in [-0.05, 0) is 25.8 Å². The third-order valence-electron chi connectivity index (χ3n) is 3.74. The lowest BCUT2D eigenvalue weighted by Crippen LogP contribution is -2.06. The van der Waals surface area contributed by atoms with E-state index >= 15 is 0 Å². The number of aryl methyl sites for hydroxylation is 1. The van der Waals surface area contributed by atoms with Gasteiger partial charge in [-0.3, -0.25) is 9.97 Å². The monoisotopic (exact) mass is 302 g/mol. The maximum Gasteiger partial charge on any atom is 0.337 e. The molecule has 0 aromatic carbocycles. The van der Waals surface area contributed by atoms with Gasteiger partial charge in [0, 0.05) is 23.4 Å². The molecule has 0 unspecified atom stereocenters. The quantitative estimate of drug-likeness (QED) is 0.939. The van der Waals surface area contributed by atoms with Crippen LogP contribution in [-0.2, 0) is 0 Å². The molecule has 1 fully saturated rings. The van der Waals surface area contributed by atoms with Crippen molar-refractivity contribution in [2.24, 2.45) is 0 Å². The number of hydrogen-bond acceptors (Lipinski definition) is 4. The highest BCUT2D eigenvalue weighted by Crippen LogP contribution is 2.44. The van der Waals surface area contributed by atoms with Gasteiger partial charge in [-0.1, -0.05) is 0 Å². The second-order valence-electron chi connectivity index (χ2n) is 5.35. The first-order valence-corrected chi connectivity index (χ1v) is 6.95. The first kappa shape index (κ1) is 14.4. The van der Waals surface area contributed by atoms with Crippen LogP contribution in [-0.4, -0.2) is 28.2 Å². The van der Waals surface area contributed by atoms with Gasteiger partial charge in [0.05, 0.1) is 30.1 Å². The number of rotatable bonds is 4. The summed E-state index contributed by atoms with van der Waals surface area (Å²) >= 11 is 0. The smallest absolute Gasteiger partial charge is 0.337 e. The molecular weight excluding hydrogens is 287 g/mol. The first-order chi connectivity index (χ1) is 10.5. The molecule has 1 N–H and O–H groups in total. The molecule has 0 saturated heterocycles. The van der Waals surface area contributed by atoms with E-state index in [9.17, 15) is 14.3 Å². The zero-order valence-corrected chi connectivity index (χ0v) is 12.3. The minimum absolute atomic E-state index is 0.0595. The van der Waals surface area contributed by atoms with Crippen LogP contribution >= 0.6 is 0 Å². The fraction of sp³-hybridized carbons (Fsp3) is 0.312. The normalized spacial score (nSPS) is 14.0. The van der Waals surface area contributed by atoms with Crippen LogP contribution < -0.4 is 4.74 Å². The largest absolute Gasteiger partial charge is 0.494 e. The average molecular weight is 302 g/mol. The van der Waals surface area contributed by atoms with Crippen molar-refractivity contribution in [2.75, 3.05) is 7.11 Å². The predicted octanol–water partition coefficient (Wildman–Crippen LogP) is 3.18. The summed E-state index contributed by atoms with van der Waals surface area (Å²) in [6.07, 6.45) is 4.49. The number of carboxylic acid groups (broad SMARTS) is 1. The summed E-state index contributed by atoms with van der Waals surface area (Å²) in [5.41, 5.74) is 1.32. The van der Waals surface area contributed by atoms with Crippen LogP contribution in [0.2, 0.25) is 0 Å². The summed E-state index contributed by atoms with van der Waals surface area (Å²) in [6.45, 7) is 1.72. The minimum atomic E-state index is -1.16. The number of aromatic carboxylic acids is 1. The van der Waals surface area contributed by atoms with Gasteiger partial charge in [-0.15, -0.1) is 0 Å². The molecule has 1 saturated carbocycles. The Kier molecular flexibility index (Phi) is 3.52. The van der Waals surface area contributed by atoms with Gasteiger partial charge in [-0.2, -0.15) is 0 Å². The van der Waals surface area contributed by atoms with Gasteiger partial charge in [0.25, 0.3) is 0 Å². The summed E-state index contributed by atoms with van der Waals surface area (Å²) in [4.78, 5) is 19.5. The third-order valence-corrected chi connectivity index (χ3v) is 3.74. The zero-order chi connectivity index (χ0) is 15.9. The molecule has 1 aliphatic carbocycles. The molecule has 1 aliphatic rings. The van der Waals surface area contributed by atoms with Crippen molar-refractivity contribution in [3.05, 3.63) is 41.2 Å². The van der Waals surface area contributed by atoms with E-state index in [2.05, 4.69) is 9.97 Å². The summed E-state index contributed by atoms with van der Waals surface area (Å²) in [6, 6.07) is 1.56. The second kappa shape index (κ2) is 5.36. The van der Waals surface area contributed by atoms with Crippen molar-refractivity contribution in [2.45, 2.75) is 25.7 Å². The van der Waals surface area contributed by atoms with E-state index in [1.807, 2.05) is 0 Å². The van der Waals surface area contributed by atoms with Crippen molar-refractivity contribution in [3.63, 3.8) is 0 Å². The van der Waals surface area contributed by atoms with Crippen LogP contribution in [0.5, 0.6) is 5.75 Å². The Morgan fingerprint density at radius 3 is 2.68 bits per heavy atom. The van der Waals surface area contributed by atoms with Crippen molar-refractivity contribution in [1.82, 2.24) is 9.97 Å². The maximum absolute atomic E-state index is 14.9. The molecule has 0 spiro atoms. The molecule has 22 heavy (non-hydrogen) atoms. The van der Waals surface area contributed by atoms with Gasteiger partial charge in [-0.25, -0.2) is 9.18 Å². The van der Waals surface area contributed by atoms with Crippen LogP contribution in [0.1, 0.15) is 40.5 Å². The maximum atomic E-state index is 14.9. The Morgan fingerprint density at radius 1 is 1.36 bits per heavy atom. The van der Waals surface area contributed by atoms with E-state index in [1.54, 1.807) is 13.0 Å². The number of hydrogen-bond donors (Lipinski definition) is 1. The molecule has 0 radical (unpaired) electrons. The highest BCUT2D eigenvalue weighted by atomic mass is 19.1. The lowest BCUT2D eigenvalue weighted by atomic mass is 9.98. The van der Waals surface area contributed by atoms with E-state index in [1.165, 1.54) is 19.5 Å². The number of halogens is 1. The highest BCUT2D eigenvalue weighted by molar-refractivity contribution is 5.96. The van der Waals surface area contributed by atoms with Gasteiger partial charge >= 0.3 is 5.97 Å². The Labute approximate surface area is 126 Å². The highest BCUT2D eigenvalue weighted by Gasteiger charge is 2.31. The van der Waals surface area contributed by atoms with Crippen molar-refractivity contribution in [1.29, 1.82) is 0 Å². The van der Waals surface area contributed by atoms with E-state index in [4.69, 9.17) is 4.74 Å². The van der Waals surface area contributed by atoms with Crippen LogP contribution in [0.25, 0.3) is 11.1 Å². The molecular formula is C16H15FN2O3. The molecule has 3 rings (SSSR count). The van der Waals surface area contributed by atoms with Crippen LogP contribution in [0.15, 0.2) is 18.5 Å². The Hall–Kier alpha value is -2.50.